The molecular weight excluding hydrogens is 428 g/mol. The van der Waals surface area contributed by atoms with Gasteiger partial charge >= 0.3 is 12.4 Å². The molecule has 2 heterocycles. The molecule has 2 aromatic heterocycles. The maximum Gasteiger partial charge on any atom is 0.418 e. The molecule has 0 saturated heterocycles. The number of carbonyl (C=O) groups is 1. The molecule has 31 heavy (non-hydrogen) atoms. The van der Waals surface area contributed by atoms with Gasteiger partial charge in [-0.1, -0.05) is 12.1 Å². The second kappa shape index (κ2) is 8.32. The highest BCUT2D eigenvalue weighted by molar-refractivity contribution is 5.94. The number of hydrogen-bond donors (Lipinski definition) is 1. The summed E-state index contributed by atoms with van der Waals surface area (Å²) in [6, 6.07) is 7.45. The van der Waals surface area contributed by atoms with E-state index in [1.807, 2.05) is 5.10 Å². The van der Waals surface area contributed by atoms with Crippen molar-refractivity contribution >= 4 is 5.78 Å². The summed E-state index contributed by atoms with van der Waals surface area (Å²) >= 11 is 0. The monoisotopic (exact) mass is 441 g/mol. The Hall–Kier alpha value is -3.50. The Balaban J connectivity index is 2.08. The zero-order chi connectivity index (χ0) is 22.8. The number of Topliss-reactive ketones (excluding diaryl/α,β-unsaturated/α-hetero) is 1. The number of H-pyrrole nitrogens is 1. The van der Waals surface area contributed by atoms with Crippen LogP contribution in [0.5, 0.6) is 0 Å². The van der Waals surface area contributed by atoms with Crippen molar-refractivity contribution in [2.45, 2.75) is 24.7 Å². The third-order valence-corrected chi connectivity index (χ3v) is 4.47. The van der Waals surface area contributed by atoms with Crippen molar-refractivity contribution in [2.75, 3.05) is 0 Å². The molecule has 0 saturated carbocycles. The van der Waals surface area contributed by atoms with E-state index < -0.39 is 52.9 Å². The van der Waals surface area contributed by atoms with E-state index in [2.05, 4.69) is 10.1 Å². The number of alkyl halides is 6. The highest BCUT2D eigenvalue weighted by Gasteiger charge is 2.37. The van der Waals surface area contributed by atoms with Gasteiger partial charge in [0.25, 0.3) is 5.56 Å². The minimum absolute atomic E-state index is 0.0370. The van der Waals surface area contributed by atoms with Gasteiger partial charge in [-0.3, -0.25) is 14.6 Å². The normalized spacial score (nSPS) is 13.1. The average Bonchev–Trinajstić information content (AvgIpc) is 2.71. The van der Waals surface area contributed by atoms with Gasteiger partial charge in [-0.2, -0.15) is 31.4 Å². The first kappa shape index (κ1) is 22.2. The first-order valence-electron chi connectivity index (χ1n) is 8.75. The highest BCUT2D eigenvalue weighted by atomic mass is 19.4. The first-order chi connectivity index (χ1) is 14.5. The van der Waals surface area contributed by atoms with Crippen LogP contribution in [0.1, 0.15) is 45.2 Å². The summed E-state index contributed by atoms with van der Waals surface area (Å²) in [6.07, 6.45) is -8.90. The largest absolute Gasteiger partial charge is 0.418 e. The molecule has 0 bridgehead atoms. The SMILES string of the molecule is O=C(C[C@@H](c1ccc(C(F)(F)F)cc1)c1ncccc1C(F)(F)F)c1ccc(=O)[nH]n1. The minimum atomic E-state index is -4.80. The number of carbonyl (C=O) groups excluding carboxylic acids is 1. The van der Waals surface area contributed by atoms with Crippen LogP contribution in [-0.4, -0.2) is 21.0 Å². The molecule has 0 spiro atoms. The molecule has 5 nitrogen and oxygen atoms in total. The Morgan fingerprint density at radius 2 is 1.61 bits per heavy atom. The van der Waals surface area contributed by atoms with E-state index in [-0.39, 0.29) is 11.3 Å². The number of pyridine rings is 1. The summed E-state index contributed by atoms with van der Waals surface area (Å²) in [4.78, 5) is 27.5. The van der Waals surface area contributed by atoms with Crippen LogP contribution in [0.4, 0.5) is 26.3 Å². The van der Waals surface area contributed by atoms with Crippen molar-refractivity contribution in [3.05, 3.63) is 93.2 Å². The molecule has 0 fully saturated rings. The van der Waals surface area contributed by atoms with Gasteiger partial charge in [0.15, 0.2) is 5.78 Å². The van der Waals surface area contributed by atoms with E-state index in [4.69, 9.17) is 0 Å². The van der Waals surface area contributed by atoms with Crippen LogP contribution in [0.3, 0.4) is 0 Å². The first-order valence-corrected chi connectivity index (χ1v) is 8.75. The van der Waals surface area contributed by atoms with E-state index in [0.29, 0.717) is 0 Å². The Morgan fingerprint density at radius 3 is 2.16 bits per heavy atom. The van der Waals surface area contributed by atoms with Gasteiger partial charge in [-0.25, -0.2) is 5.10 Å². The summed E-state index contributed by atoms with van der Waals surface area (Å²) in [5, 5.41) is 5.60. The lowest BCUT2D eigenvalue weighted by Gasteiger charge is -2.21. The molecule has 0 aliphatic carbocycles. The molecule has 1 aromatic carbocycles. The number of benzene rings is 1. The van der Waals surface area contributed by atoms with Crippen LogP contribution in [-0.2, 0) is 12.4 Å². The molecular formula is C20H13F6N3O2. The van der Waals surface area contributed by atoms with Crippen LogP contribution in [0, 0.1) is 0 Å². The molecule has 0 aliphatic heterocycles. The molecule has 0 aliphatic rings. The molecule has 0 amide bonds. The summed E-state index contributed by atoms with van der Waals surface area (Å²) in [5.74, 6) is -2.03. The van der Waals surface area contributed by atoms with Crippen LogP contribution in [0.2, 0.25) is 0 Å². The van der Waals surface area contributed by atoms with Gasteiger partial charge in [-0.15, -0.1) is 0 Å². The number of nitrogens with one attached hydrogen (secondary N) is 1. The standard InChI is InChI=1S/C20H13F6N3O2/c21-19(22,23)12-5-3-11(4-6-12)13(10-16(30)15-7-8-17(31)29-28-15)18-14(20(24,25)26)2-1-9-27-18/h1-9,13H,10H2,(H,29,31)/t13-/m0/s1. The van der Waals surface area contributed by atoms with E-state index >= 15 is 0 Å². The molecule has 3 rings (SSSR count). The molecule has 11 heteroatoms. The van der Waals surface area contributed by atoms with Crippen LogP contribution < -0.4 is 5.56 Å². The van der Waals surface area contributed by atoms with Gasteiger partial charge < -0.3 is 0 Å². The van der Waals surface area contributed by atoms with Gasteiger partial charge in [0.2, 0.25) is 0 Å². The summed E-state index contributed by atoms with van der Waals surface area (Å²) < 4.78 is 79.2. The van der Waals surface area contributed by atoms with E-state index in [0.717, 1.165) is 54.7 Å². The molecule has 1 N–H and O–H groups in total. The van der Waals surface area contributed by atoms with Crippen molar-refractivity contribution in [3.63, 3.8) is 0 Å². The predicted octanol–water partition coefficient (Wildman–Crippen LogP) is 4.61. The Morgan fingerprint density at radius 1 is 0.935 bits per heavy atom. The van der Waals surface area contributed by atoms with Gasteiger partial charge in [-0.05, 0) is 35.9 Å². The quantitative estimate of drug-likeness (QED) is 0.464. The third kappa shape index (κ3) is 5.16. The smallest absolute Gasteiger partial charge is 0.292 e. The Bertz CT molecular complexity index is 1120. The van der Waals surface area contributed by atoms with Crippen molar-refractivity contribution in [3.8, 4) is 0 Å². The zero-order valence-electron chi connectivity index (χ0n) is 15.5. The van der Waals surface area contributed by atoms with E-state index in [9.17, 15) is 35.9 Å². The zero-order valence-corrected chi connectivity index (χ0v) is 15.5. The lowest BCUT2D eigenvalue weighted by Crippen LogP contribution is -2.19. The second-order valence-electron chi connectivity index (χ2n) is 6.54. The Kier molecular flexibility index (Phi) is 5.96. The molecule has 1 atom stereocenters. The maximum atomic E-state index is 13.5. The van der Waals surface area contributed by atoms with E-state index in [1.54, 1.807) is 0 Å². The lowest BCUT2D eigenvalue weighted by molar-refractivity contribution is -0.139. The van der Waals surface area contributed by atoms with Crippen molar-refractivity contribution in [1.82, 2.24) is 15.2 Å². The van der Waals surface area contributed by atoms with Crippen LogP contribution in [0.15, 0.2) is 59.5 Å². The van der Waals surface area contributed by atoms with Crippen LogP contribution in [0.25, 0.3) is 0 Å². The van der Waals surface area contributed by atoms with Crippen molar-refractivity contribution in [1.29, 1.82) is 0 Å². The Labute approximate surface area is 170 Å². The second-order valence-corrected chi connectivity index (χ2v) is 6.54. The fraction of sp³-hybridized carbons (Fsp3) is 0.200. The summed E-state index contributed by atoms with van der Waals surface area (Å²) in [6.45, 7) is 0. The number of nitrogens with zero attached hydrogens (tertiary/aromatic N) is 2. The average molecular weight is 441 g/mol. The van der Waals surface area contributed by atoms with Crippen molar-refractivity contribution in [2.24, 2.45) is 0 Å². The van der Waals surface area contributed by atoms with Crippen LogP contribution >= 0.6 is 0 Å². The fourth-order valence-corrected chi connectivity index (χ4v) is 3.00. The number of rotatable bonds is 5. The molecule has 3 aromatic rings. The van der Waals surface area contributed by atoms with Gasteiger partial charge in [0, 0.05) is 24.6 Å². The number of aromatic amines is 1. The number of hydrogen-bond acceptors (Lipinski definition) is 4. The van der Waals surface area contributed by atoms with Gasteiger partial charge in [0.05, 0.1) is 16.8 Å². The lowest BCUT2D eigenvalue weighted by atomic mass is 9.86. The fourth-order valence-electron chi connectivity index (χ4n) is 3.00. The molecule has 0 unspecified atom stereocenters. The highest BCUT2D eigenvalue weighted by Crippen LogP contribution is 2.39. The number of halogens is 6. The van der Waals surface area contributed by atoms with Gasteiger partial charge in [0.1, 0.15) is 5.69 Å². The maximum absolute atomic E-state index is 13.5. The van der Waals surface area contributed by atoms with E-state index in [1.165, 1.54) is 0 Å². The summed E-state index contributed by atoms with van der Waals surface area (Å²) in [7, 11) is 0. The molecule has 162 valence electrons. The topological polar surface area (TPSA) is 75.7 Å². The number of aromatic nitrogens is 3. The summed E-state index contributed by atoms with van der Waals surface area (Å²) in [5.41, 5.74) is -3.36. The number of ketones is 1. The van der Waals surface area contributed by atoms with Crippen molar-refractivity contribution < 1.29 is 31.1 Å². The third-order valence-electron chi connectivity index (χ3n) is 4.47. The molecule has 0 radical (unpaired) electrons. The minimum Gasteiger partial charge on any atom is -0.292 e. The predicted molar refractivity (Wildman–Crippen MR) is 96.3 cm³/mol.